The van der Waals surface area contributed by atoms with Gasteiger partial charge in [-0.1, -0.05) is 12.1 Å². The molecule has 0 unspecified atom stereocenters. The Hall–Kier alpha value is -1.82. The largest absolute Gasteiger partial charge is 0.433 e. The Labute approximate surface area is 321 Å². The Morgan fingerprint density at radius 2 is 0.566 bits per heavy atom. The number of cyclic esters (lactones) is 4. The van der Waals surface area contributed by atoms with Gasteiger partial charge in [-0.2, -0.15) is 0 Å². The number of ether oxygens (including phenoxy) is 2. The van der Waals surface area contributed by atoms with Gasteiger partial charge in [0.15, 0.2) is 0 Å². The highest BCUT2D eigenvalue weighted by Crippen LogP contribution is 2.30. The minimum Gasteiger partial charge on any atom is -0.433 e. The van der Waals surface area contributed by atoms with E-state index in [0.717, 1.165) is 10.4 Å². The summed E-state index contributed by atoms with van der Waals surface area (Å²) in [4.78, 5) is 48.3. The lowest BCUT2D eigenvalue weighted by Gasteiger charge is -2.44. The second kappa shape index (κ2) is 14.6. The second-order valence-electron chi connectivity index (χ2n) is 17.0. The number of rotatable bonds is 16. The molecule has 2 heterocycles. The van der Waals surface area contributed by atoms with E-state index in [9.17, 15) is 19.2 Å². The van der Waals surface area contributed by atoms with Crippen LogP contribution in [0.4, 0.5) is 0 Å². The lowest BCUT2D eigenvalue weighted by Crippen LogP contribution is -2.62. The van der Waals surface area contributed by atoms with Crippen LogP contribution in [0, 0.1) is 0 Å². The van der Waals surface area contributed by atoms with Crippen molar-refractivity contribution in [2.75, 3.05) is 0 Å². The predicted octanol–water partition coefficient (Wildman–Crippen LogP) is 6.16. The third-order valence-electron chi connectivity index (χ3n) is 8.14. The summed E-state index contributed by atoms with van der Waals surface area (Å²) >= 11 is 0. The molecule has 0 N–H and O–H groups in total. The smallest absolute Gasteiger partial charge is 0.346 e. The molecule has 0 saturated carbocycles. The maximum absolute atomic E-state index is 12.2. The van der Waals surface area contributed by atoms with E-state index in [4.69, 9.17) is 38.3 Å². The molecule has 0 bridgehead atoms. The summed E-state index contributed by atoms with van der Waals surface area (Å²) in [7, 11) is -22.0. The van der Waals surface area contributed by atoms with E-state index in [0.29, 0.717) is 0 Å². The number of hydrogen-bond donors (Lipinski definition) is 0. The fourth-order valence-electron chi connectivity index (χ4n) is 7.35. The molecule has 292 valence electrons. The Morgan fingerprint density at radius 3 is 0.830 bits per heavy atom. The Morgan fingerprint density at radius 1 is 0.340 bits per heavy atom. The molecule has 2 aromatic rings. The van der Waals surface area contributed by atoms with Crippen molar-refractivity contribution in [2.24, 2.45) is 0 Å². The molecular weight excluding hydrogens is 817 g/mol. The van der Waals surface area contributed by atoms with Gasteiger partial charge in [0, 0.05) is 0 Å². The molecular formula is C32H54O13Si8. The molecule has 4 rings (SSSR count). The van der Waals surface area contributed by atoms with Crippen LogP contribution in [0.1, 0.15) is 41.4 Å². The summed E-state index contributed by atoms with van der Waals surface area (Å²) in [6.45, 7) is 32.1. The summed E-state index contributed by atoms with van der Waals surface area (Å²) in [6.07, 6.45) is 0. The van der Waals surface area contributed by atoms with Gasteiger partial charge in [-0.25, -0.2) is 19.2 Å². The van der Waals surface area contributed by atoms with Crippen LogP contribution < -0.4 is 10.4 Å². The van der Waals surface area contributed by atoms with E-state index < -0.39 is 91.9 Å². The third kappa shape index (κ3) is 11.2. The van der Waals surface area contributed by atoms with Crippen molar-refractivity contribution in [3.63, 3.8) is 0 Å². The first kappa shape index (κ1) is 43.9. The van der Waals surface area contributed by atoms with Gasteiger partial charge in [0.05, 0.1) is 22.3 Å². The van der Waals surface area contributed by atoms with E-state index in [-0.39, 0.29) is 22.3 Å². The molecule has 0 saturated heterocycles. The molecule has 0 fully saturated rings. The minimum absolute atomic E-state index is 0.263. The summed E-state index contributed by atoms with van der Waals surface area (Å²) in [6, 6.07) is 10.3. The average molecular weight is 871 g/mol. The van der Waals surface area contributed by atoms with Crippen molar-refractivity contribution >= 4 is 102 Å². The van der Waals surface area contributed by atoms with Crippen LogP contribution in [0.5, 0.6) is 0 Å². The summed E-state index contributed by atoms with van der Waals surface area (Å²) in [5, 5.41) is 1.72. The van der Waals surface area contributed by atoms with Crippen LogP contribution in [0.3, 0.4) is 0 Å². The van der Waals surface area contributed by atoms with E-state index in [1.807, 2.05) is 117 Å². The molecule has 0 aliphatic carbocycles. The van der Waals surface area contributed by atoms with Crippen molar-refractivity contribution in [3.05, 3.63) is 58.7 Å². The van der Waals surface area contributed by atoms with Gasteiger partial charge in [-0.15, -0.1) is 0 Å². The number of hydrogen-bond acceptors (Lipinski definition) is 13. The standard InChI is InChI=1S/C32H54O13Si8/c1-46(2,23-17-19-25-27(21-23)31(35)37-29(25)33)39-48(5,6)41-50(9,10)43-52(13,14)45-53(15,16)44-51(11,12)42-49(7,8)40-47(3,4)24-18-20-26-28(22-24)32(36)38-30(26)34/h17-22H,1-16H3. The molecule has 2 aliphatic heterocycles. The van der Waals surface area contributed by atoms with Gasteiger partial charge in [0.1, 0.15) is 0 Å². The molecule has 2 aromatic carbocycles. The van der Waals surface area contributed by atoms with Crippen LogP contribution in [0.15, 0.2) is 36.4 Å². The number of benzene rings is 2. The minimum atomic E-state index is -2.82. The van der Waals surface area contributed by atoms with E-state index in [2.05, 4.69) is 0 Å². The third-order valence-corrected chi connectivity index (χ3v) is 39.2. The topological polar surface area (TPSA) is 151 Å². The predicted molar refractivity (Wildman–Crippen MR) is 219 cm³/mol. The van der Waals surface area contributed by atoms with Crippen LogP contribution in [-0.2, 0) is 38.3 Å². The van der Waals surface area contributed by atoms with Crippen LogP contribution >= 0.6 is 0 Å². The Bertz CT molecular complexity index is 1690. The van der Waals surface area contributed by atoms with Crippen LogP contribution in [0.25, 0.3) is 0 Å². The molecule has 0 aromatic heterocycles. The van der Waals surface area contributed by atoms with E-state index in [1.165, 1.54) is 0 Å². The van der Waals surface area contributed by atoms with E-state index >= 15 is 0 Å². The highest BCUT2D eigenvalue weighted by Gasteiger charge is 2.50. The maximum Gasteiger partial charge on any atom is 0.346 e. The van der Waals surface area contributed by atoms with Gasteiger partial charge >= 0.3 is 75.2 Å². The van der Waals surface area contributed by atoms with Gasteiger partial charge < -0.3 is 38.3 Å². The quantitative estimate of drug-likeness (QED) is 0.108. The number of fused-ring (bicyclic) bond motifs is 2. The van der Waals surface area contributed by atoms with Gasteiger partial charge in [-0.05, 0) is 139 Å². The van der Waals surface area contributed by atoms with Gasteiger partial charge in [0.25, 0.3) is 0 Å². The second-order valence-corrected chi connectivity index (χ2v) is 46.7. The molecule has 0 spiro atoms. The zero-order valence-electron chi connectivity index (χ0n) is 33.8. The number of carbonyl (C=O) groups is 4. The summed E-state index contributed by atoms with van der Waals surface area (Å²) < 4.78 is 56.8. The first-order valence-corrected chi connectivity index (χ1v) is 40.2. The molecule has 0 amide bonds. The first-order chi connectivity index (χ1) is 23.7. The van der Waals surface area contributed by atoms with Crippen molar-refractivity contribution < 1.29 is 57.5 Å². The highest BCUT2D eigenvalue weighted by atomic mass is 28.5. The monoisotopic (exact) mass is 870 g/mol. The highest BCUT2D eigenvalue weighted by molar-refractivity contribution is 6.95. The van der Waals surface area contributed by atoms with Gasteiger partial charge in [0.2, 0.25) is 16.6 Å². The fraction of sp³-hybridized carbons (Fsp3) is 0.500. The molecule has 21 heteroatoms. The lowest BCUT2D eigenvalue weighted by atomic mass is 10.1. The Kier molecular flexibility index (Phi) is 12.1. The summed E-state index contributed by atoms with van der Waals surface area (Å²) in [5.74, 6) is -2.54. The maximum atomic E-state index is 12.2. The van der Waals surface area contributed by atoms with Crippen molar-refractivity contribution in [3.8, 4) is 0 Å². The molecule has 2 aliphatic rings. The Balaban J connectivity index is 1.37. The zero-order valence-corrected chi connectivity index (χ0v) is 41.8. The van der Waals surface area contributed by atoms with Crippen molar-refractivity contribution in [1.29, 1.82) is 0 Å². The lowest BCUT2D eigenvalue weighted by molar-refractivity contribution is 0.0425. The van der Waals surface area contributed by atoms with Crippen molar-refractivity contribution in [2.45, 2.75) is 105 Å². The molecule has 0 atom stereocenters. The van der Waals surface area contributed by atoms with Crippen LogP contribution in [-0.4, -0.2) is 91.9 Å². The van der Waals surface area contributed by atoms with Crippen LogP contribution in [0.2, 0.25) is 105 Å². The van der Waals surface area contributed by atoms with E-state index in [1.54, 1.807) is 24.3 Å². The summed E-state index contributed by atoms with van der Waals surface area (Å²) in [5.41, 5.74) is 1.06. The fourth-order valence-corrected chi connectivity index (χ4v) is 47.0. The normalized spacial score (nSPS) is 16.2. The number of carbonyl (C=O) groups excluding carboxylic acids is 4. The van der Waals surface area contributed by atoms with Crippen molar-refractivity contribution in [1.82, 2.24) is 0 Å². The molecule has 13 nitrogen and oxygen atoms in total. The first-order valence-electron chi connectivity index (χ1n) is 17.5. The average Bonchev–Trinajstić information content (AvgIpc) is 3.36. The number of esters is 4. The molecule has 0 radical (unpaired) electrons. The zero-order chi connectivity index (χ0) is 40.4. The van der Waals surface area contributed by atoms with Gasteiger partial charge in [-0.3, -0.25) is 0 Å². The SMILES string of the molecule is C[Si](C)(O[Si](C)(C)O[Si](C)(C)O[Si](C)(C)O[Si](C)(C)c1ccc2c(c1)C(=O)OC2=O)O[Si](C)(C)O[Si](C)(C)O[Si](C)(C)c1ccc2c(c1)C(=O)OC2=O. The molecule has 53 heavy (non-hydrogen) atoms.